The molecule has 0 aromatic heterocycles. The van der Waals surface area contributed by atoms with Crippen molar-refractivity contribution in [3.63, 3.8) is 0 Å². The molecule has 0 nitrogen and oxygen atoms in total. The van der Waals surface area contributed by atoms with Gasteiger partial charge >= 0.3 is 0 Å². The average molecular weight is 385 g/mol. The summed E-state index contributed by atoms with van der Waals surface area (Å²) in [6, 6.07) is 0. The molecule has 28 heavy (non-hydrogen) atoms. The van der Waals surface area contributed by atoms with Crippen LogP contribution >= 0.6 is 0 Å². The molecule has 0 N–H and O–H groups in total. The highest BCUT2D eigenvalue weighted by Crippen LogP contribution is 2.37. The van der Waals surface area contributed by atoms with Crippen molar-refractivity contribution in [2.45, 2.75) is 114 Å². The van der Waals surface area contributed by atoms with Crippen molar-refractivity contribution in [1.82, 2.24) is 0 Å². The maximum atomic E-state index is 4.20. The third kappa shape index (κ3) is 7.61. The normalized spacial score (nSPS) is 15.4. The molecule has 0 aliphatic heterocycles. The van der Waals surface area contributed by atoms with Crippen molar-refractivity contribution in [3.8, 4) is 0 Å². The number of allylic oxidation sites excluding steroid dienone is 9. The van der Waals surface area contributed by atoms with E-state index < -0.39 is 0 Å². The summed E-state index contributed by atoms with van der Waals surface area (Å²) in [4.78, 5) is 0. The Bertz CT molecular complexity index is 627. The van der Waals surface area contributed by atoms with E-state index in [1.807, 2.05) is 0 Å². The zero-order chi connectivity index (χ0) is 21.9. The van der Waals surface area contributed by atoms with Crippen molar-refractivity contribution in [1.29, 1.82) is 0 Å². The van der Waals surface area contributed by atoms with Gasteiger partial charge in [-0.25, -0.2) is 0 Å². The van der Waals surface area contributed by atoms with Gasteiger partial charge in [-0.1, -0.05) is 74.1 Å². The molecule has 0 aromatic carbocycles. The molecule has 1 unspecified atom stereocenters. The Balaban J connectivity index is 6.53. The summed E-state index contributed by atoms with van der Waals surface area (Å²) in [5.74, 6) is 0.435. The second-order valence-corrected chi connectivity index (χ2v) is 8.46. The fourth-order valence-electron chi connectivity index (χ4n) is 4.11. The van der Waals surface area contributed by atoms with Crippen LogP contribution in [0.1, 0.15) is 114 Å². The SMILES string of the molecule is C=CC(CC)C(=C(C)CC(CC)=C(C)CC)C(CC(CC)=C(C)CC)=C(C)C. The molecule has 0 spiro atoms. The van der Waals surface area contributed by atoms with Gasteiger partial charge < -0.3 is 0 Å². The molecule has 0 amide bonds. The monoisotopic (exact) mass is 384 g/mol. The summed E-state index contributed by atoms with van der Waals surface area (Å²) in [6.45, 7) is 27.2. The van der Waals surface area contributed by atoms with Gasteiger partial charge in [-0.3, -0.25) is 0 Å². The lowest BCUT2D eigenvalue weighted by atomic mass is 9.79. The van der Waals surface area contributed by atoms with E-state index in [-0.39, 0.29) is 0 Å². The van der Waals surface area contributed by atoms with E-state index in [1.54, 1.807) is 33.4 Å². The third-order valence-corrected chi connectivity index (χ3v) is 6.47. The van der Waals surface area contributed by atoms with Crippen molar-refractivity contribution < 1.29 is 0 Å². The molecule has 0 aliphatic carbocycles. The van der Waals surface area contributed by atoms with Gasteiger partial charge in [0, 0.05) is 5.92 Å². The van der Waals surface area contributed by atoms with Crippen LogP contribution in [0.4, 0.5) is 0 Å². The highest BCUT2D eigenvalue weighted by atomic mass is 14.2. The van der Waals surface area contributed by atoms with Crippen LogP contribution in [0, 0.1) is 5.92 Å². The second-order valence-electron chi connectivity index (χ2n) is 8.46. The molecule has 0 heterocycles. The Morgan fingerprint density at radius 3 is 1.46 bits per heavy atom. The quantitative estimate of drug-likeness (QED) is 0.232. The van der Waals surface area contributed by atoms with Gasteiger partial charge in [0.1, 0.15) is 0 Å². The first-order chi connectivity index (χ1) is 13.2. The Morgan fingerprint density at radius 2 is 1.14 bits per heavy atom. The molecule has 0 radical (unpaired) electrons. The Hall–Kier alpha value is -1.30. The first-order valence-corrected chi connectivity index (χ1v) is 11.6. The molecule has 1 atom stereocenters. The maximum absolute atomic E-state index is 4.20. The van der Waals surface area contributed by atoms with Crippen LogP contribution in [-0.4, -0.2) is 0 Å². The molecule has 0 rings (SSSR count). The van der Waals surface area contributed by atoms with Crippen LogP contribution in [0.15, 0.2) is 57.2 Å². The first-order valence-electron chi connectivity index (χ1n) is 11.6. The van der Waals surface area contributed by atoms with Gasteiger partial charge in [0.15, 0.2) is 0 Å². The van der Waals surface area contributed by atoms with Crippen molar-refractivity contribution in [2.24, 2.45) is 5.92 Å². The van der Waals surface area contributed by atoms with E-state index in [1.165, 1.54) is 11.1 Å². The Labute approximate surface area is 177 Å². The van der Waals surface area contributed by atoms with Gasteiger partial charge in [0.05, 0.1) is 0 Å². The average Bonchev–Trinajstić information content (AvgIpc) is 2.70. The van der Waals surface area contributed by atoms with Gasteiger partial charge in [0.2, 0.25) is 0 Å². The standard InChI is InChI=1S/C28H48/c1-12-21(9)25(16-5)18-23(11)28(24(14-3)15-4)27(20(7)8)19-26(17-6)22(10)13-2/h14,24H,3,12-13,15-19H2,1-2,4-11H3. The van der Waals surface area contributed by atoms with Gasteiger partial charge in [-0.2, -0.15) is 0 Å². The van der Waals surface area contributed by atoms with E-state index in [4.69, 9.17) is 0 Å². The van der Waals surface area contributed by atoms with Crippen LogP contribution in [0.25, 0.3) is 0 Å². The molecule has 0 heteroatoms. The van der Waals surface area contributed by atoms with Crippen LogP contribution in [0.5, 0.6) is 0 Å². The topological polar surface area (TPSA) is 0 Å². The summed E-state index contributed by atoms with van der Waals surface area (Å²) in [5, 5.41) is 0. The molecule has 0 bridgehead atoms. The van der Waals surface area contributed by atoms with Crippen molar-refractivity contribution >= 4 is 0 Å². The van der Waals surface area contributed by atoms with Gasteiger partial charge in [0.25, 0.3) is 0 Å². The van der Waals surface area contributed by atoms with Gasteiger partial charge in [-0.05, 0) is 90.7 Å². The number of hydrogen-bond acceptors (Lipinski definition) is 0. The molecular weight excluding hydrogens is 336 g/mol. The largest absolute Gasteiger partial charge is 0.102 e. The fourth-order valence-corrected chi connectivity index (χ4v) is 4.11. The second kappa shape index (κ2) is 13.8. The first kappa shape index (κ1) is 26.7. The minimum Gasteiger partial charge on any atom is -0.102 e. The summed E-state index contributed by atoms with van der Waals surface area (Å²) < 4.78 is 0. The minimum atomic E-state index is 0.435. The van der Waals surface area contributed by atoms with E-state index in [0.717, 1.165) is 44.9 Å². The fraction of sp³-hybridized carbons (Fsp3) is 0.643. The van der Waals surface area contributed by atoms with Crippen LogP contribution in [-0.2, 0) is 0 Å². The minimum absolute atomic E-state index is 0.435. The summed E-state index contributed by atoms with van der Waals surface area (Å²) in [6.07, 6.45) is 10.1. The zero-order valence-corrected chi connectivity index (χ0v) is 20.8. The zero-order valence-electron chi connectivity index (χ0n) is 20.8. The van der Waals surface area contributed by atoms with Crippen LogP contribution in [0.2, 0.25) is 0 Å². The number of hydrogen-bond donors (Lipinski definition) is 0. The molecule has 0 saturated carbocycles. The molecular formula is C28H48. The molecule has 0 saturated heterocycles. The van der Waals surface area contributed by atoms with E-state index >= 15 is 0 Å². The predicted octanol–water partition coefficient (Wildman–Crippen LogP) is 9.90. The van der Waals surface area contributed by atoms with Gasteiger partial charge in [-0.15, -0.1) is 6.58 Å². The summed E-state index contributed by atoms with van der Waals surface area (Å²) in [7, 11) is 0. The summed E-state index contributed by atoms with van der Waals surface area (Å²) in [5.41, 5.74) is 12.4. The van der Waals surface area contributed by atoms with Crippen LogP contribution in [0.3, 0.4) is 0 Å². The summed E-state index contributed by atoms with van der Waals surface area (Å²) >= 11 is 0. The predicted molar refractivity (Wildman–Crippen MR) is 131 cm³/mol. The van der Waals surface area contributed by atoms with E-state index in [2.05, 4.69) is 81.9 Å². The van der Waals surface area contributed by atoms with Crippen molar-refractivity contribution in [2.75, 3.05) is 0 Å². The molecule has 0 aromatic rings. The highest BCUT2D eigenvalue weighted by Gasteiger charge is 2.20. The molecule has 0 aliphatic rings. The number of rotatable bonds is 12. The van der Waals surface area contributed by atoms with E-state index in [9.17, 15) is 0 Å². The maximum Gasteiger partial charge on any atom is 0.00150 e. The highest BCUT2D eigenvalue weighted by molar-refractivity contribution is 5.45. The lowest BCUT2D eigenvalue weighted by Gasteiger charge is -2.26. The van der Waals surface area contributed by atoms with Crippen molar-refractivity contribution in [3.05, 3.63) is 57.2 Å². The third-order valence-electron chi connectivity index (χ3n) is 6.47. The van der Waals surface area contributed by atoms with Crippen LogP contribution < -0.4 is 0 Å². The Kier molecular flexibility index (Phi) is 13.2. The molecule has 0 fully saturated rings. The lowest BCUT2D eigenvalue weighted by molar-refractivity contribution is 0.708. The lowest BCUT2D eigenvalue weighted by Crippen LogP contribution is -2.09. The molecule has 160 valence electrons. The smallest absolute Gasteiger partial charge is 0.00150 e. The Morgan fingerprint density at radius 1 is 0.679 bits per heavy atom. The van der Waals surface area contributed by atoms with E-state index in [0.29, 0.717) is 5.92 Å².